The number of aryl methyl sites for hydroxylation is 1. The van der Waals surface area contributed by atoms with E-state index in [1.165, 1.54) is 41.7 Å². The monoisotopic (exact) mass is 369 g/mol. The van der Waals surface area contributed by atoms with Gasteiger partial charge in [-0.2, -0.15) is 0 Å². The van der Waals surface area contributed by atoms with E-state index < -0.39 is 0 Å². The van der Waals surface area contributed by atoms with E-state index in [-0.39, 0.29) is 5.91 Å². The third-order valence-electron chi connectivity index (χ3n) is 5.01. The van der Waals surface area contributed by atoms with E-state index in [9.17, 15) is 4.79 Å². The SMILES string of the molecule is CC(C)c1ccc(NC(=O)C2=Cc3sc4c(c3CS2)CCCC4)cc1. The molecule has 1 amide bonds. The molecule has 0 saturated heterocycles. The number of amides is 1. The number of thiophene rings is 1. The Morgan fingerprint density at radius 2 is 1.84 bits per heavy atom. The normalized spacial score (nSPS) is 16.2. The van der Waals surface area contributed by atoms with Crippen molar-refractivity contribution >= 4 is 40.8 Å². The summed E-state index contributed by atoms with van der Waals surface area (Å²) in [4.78, 5) is 16.3. The van der Waals surface area contributed by atoms with Crippen molar-refractivity contribution in [3.8, 4) is 0 Å². The molecular weight excluding hydrogens is 346 g/mol. The molecule has 0 atom stereocenters. The predicted molar refractivity (Wildman–Crippen MR) is 109 cm³/mol. The molecule has 0 spiro atoms. The first-order valence-electron chi connectivity index (χ1n) is 9.01. The van der Waals surface area contributed by atoms with E-state index in [0.717, 1.165) is 16.3 Å². The molecule has 0 unspecified atom stereocenters. The Bertz CT molecular complexity index is 830. The first-order valence-corrected chi connectivity index (χ1v) is 10.8. The van der Waals surface area contributed by atoms with Crippen LogP contribution in [0.4, 0.5) is 5.69 Å². The van der Waals surface area contributed by atoms with Crippen LogP contribution in [0.25, 0.3) is 6.08 Å². The molecule has 0 fully saturated rings. The van der Waals surface area contributed by atoms with Crippen LogP contribution >= 0.6 is 23.1 Å². The molecule has 1 aromatic carbocycles. The van der Waals surface area contributed by atoms with Crippen molar-refractivity contribution in [1.29, 1.82) is 0 Å². The van der Waals surface area contributed by atoms with Crippen LogP contribution in [0.3, 0.4) is 0 Å². The van der Waals surface area contributed by atoms with Gasteiger partial charge in [0, 0.05) is 21.2 Å². The highest BCUT2D eigenvalue weighted by atomic mass is 32.2. The minimum Gasteiger partial charge on any atom is -0.322 e. The molecule has 1 aromatic heterocycles. The molecule has 2 aromatic rings. The van der Waals surface area contributed by atoms with Gasteiger partial charge in [0.15, 0.2) is 0 Å². The van der Waals surface area contributed by atoms with Crippen molar-refractivity contribution in [3.05, 3.63) is 55.6 Å². The van der Waals surface area contributed by atoms with Gasteiger partial charge in [-0.05, 0) is 66.5 Å². The summed E-state index contributed by atoms with van der Waals surface area (Å²) < 4.78 is 0. The maximum atomic E-state index is 12.6. The van der Waals surface area contributed by atoms with E-state index in [1.54, 1.807) is 22.2 Å². The first kappa shape index (κ1) is 16.9. The lowest BCUT2D eigenvalue weighted by Crippen LogP contribution is -2.14. The lowest BCUT2D eigenvalue weighted by molar-refractivity contribution is -0.112. The molecule has 1 aliphatic heterocycles. The van der Waals surface area contributed by atoms with E-state index in [0.29, 0.717) is 5.92 Å². The minimum atomic E-state index is 0.0133. The quantitative estimate of drug-likeness (QED) is 0.721. The topological polar surface area (TPSA) is 29.1 Å². The van der Waals surface area contributed by atoms with Crippen LogP contribution in [-0.2, 0) is 23.4 Å². The number of rotatable bonds is 3. The van der Waals surface area contributed by atoms with Gasteiger partial charge in [-0.3, -0.25) is 4.79 Å². The molecule has 4 rings (SSSR count). The molecule has 1 N–H and O–H groups in total. The van der Waals surface area contributed by atoms with Gasteiger partial charge in [0.2, 0.25) is 0 Å². The molecule has 2 nitrogen and oxygen atoms in total. The van der Waals surface area contributed by atoms with Crippen molar-refractivity contribution in [1.82, 2.24) is 0 Å². The Morgan fingerprint density at radius 1 is 1.08 bits per heavy atom. The molecule has 0 bridgehead atoms. The number of anilines is 1. The van der Waals surface area contributed by atoms with Crippen LogP contribution in [-0.4, -0.2) is 5.91 Å². The van der Waals surface area contributed by atoms with Crippen molar-refractivity contribution < 1.29 is 4.79 Å². The van der Waals surface area contributed by atoms with Crippen LogP contribution < -0.4 is 5.32 Å². The number of nitrogens with one attached hydrogen (secondary N) is 1. The van der Waals surface area contributed by atoms with Crippen molar-refractivity contribution in [2.24, 2.45) is 0 Å². The average Bonchev–Trinajstić information content (AvgIpc) is 3.00. The maximum Gasteiger partial charge on any atom is 0.262 e. The second-order valence-electron chi connectivity index (χ2n) is 7.08. The molecule has 4 heteroatoms. The van der Waals surface area contributed by atoms with Crippen LogP contribution in [0, 0.1) is 0 Å². The highest BCUT2D eigenvalue weighted by Crippen LogP contribution is 2.42. The van der Waals surface area contributed by atoms with Crippen LogP contribution in [0.5, 0.6) is 0 Å². The van der Waals surface area contributed by atoms with Gasteiger partial charge in [0.05, 0.1) is 4.91 Å². The second-order valence-corrected chi connectivity index (χ2v) is 9.24. The number of carbonyl (C=O) groups excluding carboxylic acids is 1. The number of benzene rings is 1. The molecule has 1 aliphatic carbocycles. The Kier molecular flexibility index (Phi) is 4.74. The van der Waals surface area contributed by atoms with Gasteiger partial charge in [0.1, 0.15) is 0 Å². The molecule has 2 aliphatic rings. The summed E-state index contributed by atoms with van der Waals surface area (Å²) >= 11 is 3.58. The summed E-state index contributed by atoms with van der Waals surface area (Å²) in [5.41, 5.74) is 5.23. The van der Waals surface area contributed by atoms with Crippen molar-refractivity contribution in [2.75, 3.05) is 5.32 Å². The van der Waals surface area contributed by atoms with Gasteiger partial charge in [-0.25, -0.2) is 0 Å². The fourth-order valence-electron chi connectivity index (χ4n) is 3.51. The van der Waals surface area contributed by atoms with Crippen LogP contribution in [0.1, 0.15) is 59.1 Å². The molecule has 0 radical (unpaired) electrons. The number of hydrogen-bond donors (Lipinski definition) is 1. The zero-order chi connectivity index (χ0) is 17.4. The Labute approximate surface area is 157 Å². The number of hydrogen-bond acceptors (Lipinski definition) is 3. The summed E-state index contributed by atoms with van der Waals surface area (Å²) in [5.74, 6) is 1.45. The lowest BCUT2D eigenvalue weighted by atomic mass is 9.95. The largest absolute Gasteiger partial charge is 0.322 e. The Hall–Kier alpha value is -1.52. The van der Waals surface area contributed by atoms with Gasteiger partial charge in [-0.15, -0.1) is 23.1 Å². The van der Waals surface area contributed by atoms with Gasteiger partial charge in [-0.1, -0.05) is 26.0 Å². The number of thioether (sulfide) groups is 1. The van der Waals surface area contributed by atoms with Crippen molar-refractivity contribution in [3.63, 3.8) is 0 Å². The molecule has 25 heavy (non-hydrogen) atoms. The third kappa shape index (κ3) is 3.42. The Balaban J connectivity index is 1.52. The average molecular weight is 370 g/mol. The highest BCUT2D eigenvalue weighted by Gasteiger charge is 2.25. The Morgan fingerprint density at radius 3 is 2.60 bits per heavy atom. The van der Waals surface area contributed by atoms with Crippen LogP contribution in [0.2, 0.25) is 0 Å². The summed E-state index contributed by atoms with van der Waals surface area (Å²) in [6.07, 6.45) is 7.16. The standard InChI is InChI=1S/C21H23NOS2/c1-13(2)14-7-9-15(10-8-14)22-21(23)20-11-19-17(12-24-20)16-5-3-4-6-18(16)25-19/h7-11,13H,3-6,12H2,1-2H3,(H,22,23). The van der Waals surface area contributed by atoms with Crippen LogP contribution in [0.15, 0.2) is 29.2 Å². The van der Waals surface area contributed by atoms with Gasteiger partial charge < -0.3 is 5.32 Å². The number of fused-ring (bicyclic) bond motifs is 3. The van der Waals surface area contributed by atoms with E-state index in [1.807, 2.05) is 23.5 Å². The zero-order valence-corrected chi connectivity index (χ0v) is 16.4. The van der Waals surface area contributed by atoms with E-state index in [2.05, 4.69) is 37.4 Å². The minimum absolute atomic E-state index is 0.0133. The summed E-state index contributed by atoms with van der Waals surface area (Å²) in [6.45, 7) is 4.35. The third-order valence-corrected chi connectivity index (χ3v) is 7.33. The summed E-state index contributed by atoms with van der Waals surface area (Å²) in [5, 5.41) is 3.05. The number of carbonyl (C=O) groups is 1. The molecule has 130 valence electrons. The molecule has 2 heterocycles. The summed E-state index contributed by atoms with van der Waals surface area (Å²) in [7, 11) is 0. The van der Waals surface area contributed by atoms with E-state index >= 15 is 0 Å². The van der Waals surface area contributed by atoms with Crippen molar-refractivity contribution in [2.45, 2.75) is 51.2 Å². The smallest absolute Gasteiger partial charge is 0.262 e. The predicted octanol–water partition coefficient (Wildman–Crippen LogP) is 5.98. The highest BCUT2D eigenvalue weighted by molar-refractivity contribution is 8.03. The first-order chi connectivity index (χ1) is 12.1. The van der Waals surface area contributed by atoms with E-state index in [4.69, 9.17) is 0 Å². The second kappa shape index (κ2) is 7.00. The molecule has 0 saturated carbocycles. The lowest BCUT2D eigenvalue weighted by Gasteiger charge is -2.16. The molecular formula is C21H23NOS2. The van der Waals surface area contributed by atoms with Gasteiger partial charge in [0.25, 0.3) is 5.91 Å². The maximum absolute atomic E-state index is 12.6. The fourth-order valence-corrected chi connectivity index (χ4v) is 6.05. The fraction of sp³-hybridized carbons (Fsp3) is 0.381. The van der Waals surface area contributed by atoms with Gasteiger partial charge >= 0.3 is 0 Å². The zero-order valence-electron chi connectivity index (χ0n) is 14.7. The summed E-state index contributed by atoms with van der Waals surface area (Å²) in [6, 6.07) is 8.18.